The lowest BCUT2D eigenvalue weighted by Crippen LogP contribution is -2.12. The molecule has 0 spiro atoms. The number of hydrogen-bond acceptors (Lipinski definition) is 4. The molecule has 0 atom stereocenters. The van der Waals surface area contributed by atoms with Crippen LogP contribution in [-0.2, 0) is 0 Å². The van der Waals surface area contributed by atoms with Crippen molar-refractivity contribution in [1.82, 2.24) is 9.97 Å². The average Bonchev–Trinajstić information content (AvgIpc) is 3.15. The Labute approximate surface area is 180 Å². The molecular weight excluding hydrogens is 429 g/mol. The number of anilines is 1. The third-order valence-electron chi connectivity index (χ3n) is 4.22. The molecule has 0 saturated heterocycles. The van der Waals surface area contributed by atoms with Crippen LogP contribution in [0.15, 0.2) is 60.8 Å². The number of carboxylic acid groups (broad SMARTS) is 1. The van der Waals surface area contributed by atoms with Crippen molar-refractivity contribution in [3.8, 4) is 11.6 Å². The van der Waals surface area contributed by atoms with E-state index >= 15 is 0 Å². The maximum Gasteiger partial charge on any atom is 0.352 e. The van der Waals surface area contributed by atoms with E-state index in [0.29, 0.717) is 43.8 Å². The first-order chi connectivity index (χ1) is 14.4. The highest BCUT2D eigenvalue weighted by molar-refractivity contribution is 6.42. The van der Waals surface area contributed by atoms with Gasteiger partial charge in [0.05, 0.1) is 21.9 Å². The number of aromatic nitrogens is 2. The fraction of sp³-hybridized carbons (Fsp3) is 0. The number of halogens is 2. The summed E-state index contributed by atoms with van der Waals surface area (Å²) in [5.74, 6) is -0.570. The minimum Gasteiger partial charge on any atom is -0.477 e. The highest BCUT2D eigenvalue weighted by atomic mass is 35.5. The number of aromatic amines is 1. The molecular formula is C21H13Cl2N3O4. The minimum absolute atomic E-state index is 0.0994. The van der Waals surface area contributed by atoms with Gasteiger partial charge in [0, 0.05) is 22.5 Å². The number of pyridine rings is 1. The Kier molecular flexibility index (Phi) is 5.31. The zero-order valence-corrected chi connectivity index (χ0v) is 16.7. The number of carboxylic acids is 1. The summed E-state index contributed by atoms with van der Waals surface area (Å²) in [6.45, 7) is 0. The largest absolute Gasteiger partial charge is 0.477 e. The van der Waals surface area contributed by atoms with Gasteiger partial charge < -0.3 is 20.1 Å². The van der Waals surface area contributed by atoms with Crippen molar-refractivity contribution in [2.24, 2.45) is 0 Å². The van der Waals surface area contributed by atoms with Crippen LogP contribution in [0, 0.1) is 0 Å². The summed E-state index contributed by atoms with van der Waals surface area (Å²) < 4.78 is 5.71. The number of H-pyrrole nitrogens is 1. The third-order valence-corrected chi connectivity index (χ3v) is 4.96. The summed E-state index contributed by atoms with van der Waals surface area (Å²) in [4.78, 5) is 30.4. The maximum absolute atomic E-state index is 12.3. The Morgan fingerprint density at radius 3 is 2.53 bits per heavy atom. The van der Waals surface area contributed by atoms with Crippen LogP contribution < -0.4 is 10.1 Å². The van der Waals surface area contributed by atoms with Crippen molar-refractivity contribution >= 4 is 51.7 Å². The number of hydrogen-bond donors (Lipinski definition) is 3. The number of aromatic carboxylic acids is 1. The van der Waals surface area contributed by atoms with Gasteiger partial charge in [-0.05, 0) is 48.5 Å². The van der Waals surface area contributed by atoms with Gasteiger partial charge in [-0.3, -0.25) is 4.79 Å². The molecule has 7 nitrogen and oxygen atoms in total. The standard InChI is InChI=1S/C21H13Cl2N3O4/c22-15-4-1-11(8-16(15)23)20(27)25-13-2-6-19(24-10-13)30-14-3-5-17-12(7-14)9-18(26-17)21(28)29/h1-10,26H,(H,25,27)(H,28,29). The van der Waals surface area contributed by atoms with E-state index in [-0.39, 0.29) is 11.6 Å². The molecule has 2 heterocycles. The number of carbonyl (C=O) groups is 2. The van der Waals surface area contributed by atoms with Crippen LogP contribution in [0.4, 0.5) is 5.69 Å². The zero-order chi connectivity index (χ0) is 21.3. The number of fused-ring (bicyclic) bond motifs is 1. The van der Waals surface area contributed by atoms with E-state index in [1.165, 1.54) is 18.3 Å². The van der Waals surface area contributed by atoms with Crippen LogP contribution in [0.5, 0.6) is 11.6 Å². The number of amides is 1. The van der Waals surface area contributed by atoms with Gasteiger partial charge in [0.15, 0.2) is 0 Å². The first kappa shape index (κ1) is 19.8. The van der Waals surface area contributed by atoms with Crippen LogP contribution in [0.25, 0.3) is 10.9 Å². The SMILES string of the molecule is O=C(Nc1ccc(Oc2ccc3[nH]c(C(=O)O)cc3c2)nc1)c1ccc(Cl)c(Cl)c1. The van der Waals surface area contributed by atoms with Gasteiger partial charge in [0.25, 0.3) is 5.91 Å². The Bertz CT molecular complexity index is 1270. The van der Waals surface area contributed by atoms with E-state index in [1.807, 2.05) is 0 Å². The van der Waals surface area contributed by atoms with Gasteiger partial charge in [0.1, 0.15) is 11.4 Å². The predicted molar refractivity (Wildman–Crippen MR) is 114 cm³/mol. The summed E-state index contributed by atoms with van der Waals surface area (Å²) in [5.41, 5.74) is 1.63. The summed E-state index contributed by atoms with van der Waals surface area (Å²) in [7, 11) is 0. The molecule has 3 N–H and O–H groups in total. The second-order valence-corrected chi connectivity index (χ2v) is 7.12. The maximum atomic E-state index is 12.3. The van der Waals surface area contributed by atoms with E-state index < -0.39 is 5.97 Å². The number of benzene rings is 2. The molecule has 1 amide bonds. The molecule has 0 aliphatic carbocycles. The predicted octanol–water partition coefficient (Wildman–Crippen LogP) is 5.61. The van der Waals surface area contributed by atoms with Crippen molar-refractivity contribution < 1.29 is 19.4 Å². The Morgan fingerprint density at radius 2 is 1.83 bits per heavy atom. The topological polar surface area (TPSA) is 104 Å². The normalized spacial score (nSPS) is 10.7. The number of ether oxygens (including phenoxy) is 1. The van der Waals surface area contributed by atoms with Crippen LogP contribution in [0.2, 0.25) is 10.0 Å². The van der Waals surface area contributed by atoms with Crippen LogP contribution in [-0.4, -0.2) is 27.0 Å². The highest BCUT2D eigenvalue weighted by Crippen LogP contribution is 2.26. The monoisotopic (exact) mass is 441 g/mol. The molecule has 0 aliphatic rings. The number of rotatable bonds is 5. The van der Waals surface area contributed by atoms with Gasteiger partial charge >= 0.3 is 5.97 Å². The average molecular weight is 442 g/mol. The fourth-order valence-electron chi connectivity index (χ4n) is 2.77. The van der Waals surface area contributed by atoms with Gasteiger partial charge in [-0.25, -0.2) is 9.78 Å². The van der Waals surface area contributed by atoms with Crippen molar-refractivity contribution in [3.05, 3.63) is 82.1 Å². The van der Waals surface area contributed by atoms with E-state index in [4.69, 9.17) is 33.0 Å². The summed E-state index contributed by atoms with van der Waals surface area (Å²) in [6.07, 6.45) is 1.46. The molecule has 2 aromatic carbocycles. The van der Waals surface area contributed by atoms with Gasteiger partial charge in [-0.1, -0.05) is 23.2 Å². The summed E-state index contributed by atoms with van der Waals surface area (Å²) >= 11 is 11.8. The lowest BCUT2D eigenvalue weighted by atomic mass is 10.2. The molecule has 0 radical (unpaired) electrons. The molecule has 2 aromatic heterocycles. The van der Waals surface area contributed by atoms with E-state index in [9.17, 15) is 9.59 Å². The van der Waals surface area contributed by atoms with Crippen LogP contribution in [0.1, 0.15) is 20.8 Å². The summed E-state index contributed by atoms with van der Waals surface area (Å²) in [6, 6.07) is 14.5. The van der Waals surface area contributed by atoms with Crippen LogP contribution >= 0.6 is 23.2 Å². The number of carbonyl (C=O) groups excluding carboxylic acids is 1. The lowest BCUT2D eigenvalue weighted by Gasteiger charge is -2.08. The summed E-state index contributed by atoms with van der Waals surface area (Å²) in [5, 5.41) is 13.1. The molecule has 0 saturated carbocycles. The van der Waals surface area contributed by atoms with Crippen molar-refractivity contribution in [1.29, 1.82) is 0 Å². The third kappa shape index (κ3) is 4.22. The van der Waals surface area contributed by atoms with Gasteiger partial charge in [-0.2, -0.15) is 0 Å². The molecule has 0 aliphatic heterocycles. The minimum atomic E-state index is -1.03. The van der Waals surface area contributed by atoms with E-state index in [0.717, 1.165) is 0 Å². The van der Waals surface area contributed by atoms with Gasteiger partial charge in [-0.15, -0.1) is 0 Å². The number of nitrogens with one attached hydrogen (secondary N) is 2. The van der Waals surface area contributed by atoms with Crippen LogP contribution in [0.3, 0.4) is 0 Å². The fourth-order valence-corrected chi connectivity index (χ4v) is 3.06. The molecule has 0 bridgehead atoms. The Balaban J connectivity index is 1.45. The molecule has 4 rings (SSSR count). The van der Waals surface area contributed by atoms with E-state index in [2.05, 4.69) is 15.3 Å². The molecule has 9 heteroatoms. The molecule has 0 fully saturated rings. The Morgan fingerprint density at radius 1 is 1.00 bits per heavy atom. The van der Waals surface area contributed by atoms with Crippen molar-refractivity contribution in [2.75, 3.05) is 5.32 Å². The molecule has 150 valence electrons. The molecule has 0 unspecified atom stereocenters. The number of nitrogens with zero attached hydrogens (tertiary/aromatic N) is 1. The van der Waals surface area contributed by atoms with Gasteiger partial charge in [0.2, 0.25) is 5.88 Å². The molecule has 30 heavy (non-hydrogen) atoms. The molecule has 4 aromatic rings. The first-order valence-corrected chi connectivity index (χ1v) is 9.41. The lowest BCUT2D eigenvalue weighted by molar-refractivity contribution is 0.0691. The quantitative estimate of drug-likeness (QED) is 0.373. The smallest absolute Gasteiger partial charge is 0.352 e. The second-order valence-electron chi connectivity index (χ2n) is 6.31. The second kappa shape index (κ2) is 8.06. The van der Waals surface area contributed by atoms with E-state index in [1.54, 1.807) is 42.5 Å². The Hall–Kier alpha value is -3.55. The first-order valence-electron chi connectivity index (χ1n) is 8.65. The zero-order valence-electron chi connectivity index (χ0n) is 15.1. The van der Waals surface area contributed by atoms with Crippen molar-refractivity contribution in [2.45, 2.75) is 0 Å². The van der Waals surface area contributed by atoms with Crippen molar-refractivity contribution in [3.63, 3.8) is 0 Å². The highest BCUT2D eigenvalue weighted by Gasteiger charge is 2.10.